The van der Waals surface area contributed by atoms with Crippen LogP contribution in [0.5, 0.6) is 0 Å². The van der Waals surface area contributed by atoms with Crippen molar-refractivity contribution >= 4 is 34.4 Å². The number of pyridine rings is 1. The Balaban J connectivity index is 1.43. The molecule has 0 saturated heterocycles. The van der Waals surface area contributed by atoms with E-state index in [0.29, 0.717) is 23.1 Å². The minimum atomic E-state index is -0.463. The van der Waals surface area contributed by atoms with Gasteiger partial charge in [0.15, 0.2) is 0 Å². The molecular formula is C21H23N9O. The van der Waals surface area contributed by atoms with Crippen LogP contribution in [-0.4, -0.2) is 42.2 Å². The van der Waals surface area contributed by atoms with Crippen molar-refractivity contribution in [3.8, 4) is 0 Å². The predicted octanol–water partition coefficient (Wildman–Crippen LogP) is 2.54. The highest BCUT2D eigenvalue weighted by molar-refractivity contribution is 6.06. The van der Waals surface area contributed by atoms with Crippen molar-refractivity contribution in [2.24, 2.45) is 5.73 Å². The zero-order valence-corrected chi connectivity index (χ0v) is 17.3. The molecule has 4 aromatic heterocycles. The van der Waals surface area contributed by atoms with E-state index in [1.807, 2.05) is 16.8 Å². The van der Waals surface area contributed by atoms with Gasteiger partial charge in [0.1, 0.15) is 11.6 Å². The Kier molecular flexibility index (Phi) is 4.54. The summed E-state index contributed by atoms with van der Waals surface area (Å²) in [7, 11) is 0. The second-order valence-corrected chi connectivity index (χ2v) is 7.91. The molecule has 1 amide bonds. The van der Waals surface area contributed by atoms with Crippen LogP contribution < -0.4 is 16.0 Å². The minimum Gasteiger partial charge on any atom is -0.366 e. The zero-order chi connectivity index (χ0) is 21.5. The lowest BCUT2D eigenvalue weighted by atomic mass is 10.1. The summed E-state index contributed by atoms with van der Waals surface area (Å²) in [5, 5.41) is 11.2. The van der Waals surface area contributed by atoms with Gasteiger partial charge in [-0.15, -0.1) is 0 Å². The first-order valence-electron chi connectivity index (χ1n) is 10.2. The van der Waals surface area contributed by atoms with E-state index in [0.717, 1.165) is 30.4 Å². The molecule has 0 spiro atoms. The summed E-state index contributed by atoms with van der Waals surface area (Å²) >= 11 is 0. The number of primary amides is 1. The maximum Gasteiger partial charge on any atom is 0.250 e. The first-order chi connectivity index (χ1) is 15.0. The normalized spacial score (nSPS) is 13.6. The van der Waals surface area contributed by atoms with Gasteiger partial charge in [-0.2, -0.15) is 10.1 Å². The van der Waals surface area contributed by atoms with E-state index in [2.05, 4.69) is 49.2 Å². The molecule has 0 radical (unpaired) electrons. The summed E-state index contributed by atoms with van der Waals surface area (Å²) in [6, 6.07) is 3.88. The fourth-order valence-corrected chi connectivity index (χ4v) is 3.93. The van der Waals surface area contributed by atoms with Crippen molar-refractivity contribution in [3.05, 3.63) is 53.7 Å². The lowest BCUT2D eigenvalue weighted by Crippen LogP contribution is -2.31. The van der Waals surface area contributed by atoms with Gasteiger partial charge in [0.05, 0.1) is 17.3 Å². The summed E-state index contributed by atoms with van der Waals surface area (Å²) in [5.74, 6) is 1.46. The minimum absolute atomic E-state index is 0.170. The topological polar surface area (TPSA) is 131 Å². The quantitative estimate of drug-likeness (QED) is 0.455. The molecule has 0 bridgehead atoms. The molecular weight excluding hydrogens is 394 g/mol. The molecule has 0 fully saturated rings. The van der Waals surface area contributed by atoms with E-state index >= 15 is 0 Å². The number of fused-ring (bicyclic) bond motifs is 2. The number of rotatable bonds is 5. The molecule has 10 nitrogen and oxygen atoms in total. The van der Waals surface area contributed by atoms with Crippen molar-refractivity contribution in [1.29, 1.82) is 0 Å². The molecule has 0 saturated carbocycles. The average Bonchev–Trinajstić information content (AvgIpc) is 3.38. The van der Waals surface area contributed by atoms with Gasteiger partial charge >= 0.3 is 0 Å². The Hall–Kier alpha value is -3.95. The summed E-state index contributed by atoms with van der Waals surface area (Å²) in [6.45, 7) is 5.65. The Labute approximate surface area is 178 Å². The Morgan fingerprint density at radius 2 is 2.13 bits per heavy atom. The molecule has 10 heteroatoms. The number of hydrogen-bond acceptors (Lipinski definition) is 7. The van der Waals surface area contributed by atoms with Gasteiger partial charge in [-0.05, 0) is 19.9 Å². The van der Waals surface area contributed by atoms with E-state index in [9.17, 15) is 4.79 Å². The van der Waals surface area contributed by atoms with Gasteiger partial charge < -0.3 is 20.5 Å². The molecule has 0 aliphatic carbocycles. The van der Waals surface area contributed by atoms with Crippen molar-refractivity contribution in [2.75, 3.05) is 16.8 Å². The van der Waals surface area contributed by atoms with E-state index in [1.54, 1.807) is 24.7 Å². The molecule has 0 atom stereocenters. The molecule has 5 rings (SSSR count). The Morgan fingerprint density at radius 1 is 1.26 bits per heavy atom. The number of carbonyl (C=O) groups is 1. The highest BCUT2D eigenvalue weighted by Crippen LogP contribution is 2.27. The second-order valence-electron chi connectivity index (χ2n) is 7.91. The van der Waals surface area contributed by atoms with Crippen LogP contribution in [0.2, 0.25) is 0 Å². The number of aromatic amines is 1. The summed E-state index contributed by atoms with van der Waals surface area (Å²) in [5.41, 5.74) is 9.24. The standard InChI is InChI=1S/C21H23N9O/c1-12(2)30-11-15(20(22)31)14-9-24-19(7-17(14)30)26-18-3-5-23-21(27-18)29-6-4-16-13(10-29)8-25-28-16/h3,5,7-9,11-12H,4,6,10H2,1-2H3,(H2,22,31)(H,25,28)(H,23,24,26,27). The van der Waals surface area contributed by atoms with E-state index in [-0.39, 0.29) is 6.04 Å². The molecule has 1 aliphatic rings. The van der Waals surface area contributed by atoms with E-state index in [4.69, 9.17) is 5.73 Å². The van der Waals surface area contributed by atoms with Gasteiger partial charge in [0, 0.05) is 66.9 Å². The van der Waals surface area contributed by atoms with E-state index in [1.165, 1.54) is 11.3 Å². The lowest BCUT2D eigenvalue weighted by Gasteiger charge is -2.26. The summed E-state index contributed by atoms with van der Waals surface area (Å²) in [4.78, 5) is 27.5. The maximum atomic E-state index is 11.8. The van der Waals surface area contributed by atoms with Crippen molar-refractivity contribution in [1.82, 2.24) is 29.7 Å². The number of hydrogen-bond donors (Lipinski definition) is 3. The van der Waals surface area contributed by atoms with Crippen LogP contribution in [0, 0.1) is 0 Å². The number of aromatic nitrogens is 6. The second kappa shape index (κ2) is 7.38. The first kappa shape index (κ1) is 19.0. The summed E-state index contributed by atoms with van der Waals surface area (Å²) < 4.78 is 2.02. The average molecular weight is 417 g/mol. The molecule has 31 heavy (non-hydrogen) atoms. The number of carbonyl (C=O) groups excluding carboxylic acids is 1. The van der Waals surface area contributed by atoms with Crippen LogP contribution in [-0.2, 0) is 13.0 Å². The smallest absolute Gasteiger partial charge is 0.250 e. The molecule has 0 unspecified atom stereocenters. The van der Waals surface area contributed by atoms with Crippen LogP contribution in [0.15, 0.2) is 36.9 Å². The summed E-state index contributed by atoms with van der Waals surface area (Å²) in [6.07, 6.45) is 7.92. The number of amides is 1. The number of H-pyrrole nitrogens is 1. The SMILES string of the molecule is CC(C)n1cc(C(N)=O)c2cnc(Nc3ccnc(N4CCc5[nH]ncc5C4)n3)cc21. The fourth-order valence-electron chi connectivity index (χ4n) is 3.93. The van der Waals surface area contributed by atoms with Crippen molar-refractivity contribution in [2.45, 2.75) is 32.9 Å². The van der Waals surface area contributed by atoms with Crippen LogP contribution >= 0.6 is 0 Å². The third kappa shape index (κ3) is 3.45. The number of nitrogens with one attached hydrogen (secondary N) is 2. The highest BCUT2D eigenvalue weighted by Gasteiger charge is 2.20. The molecule has 5 heterocycles. The third-order valence-corrected chi connectivity index (χ3v) is 5.52. The number of anilines is 3. The van der Waals surface area contributed by atoms with Crippen molar-refractivity contribution < 1.29 is 4.79 Å². The van der Waals surface area contributed by atoms with Gasteiger partial charge in [-0.25, -0.2) is 9.97 Å². The largest absolute Gasteiger partial charge is 0.366 e. The Bertz CT molecular complexity index is 1270. The number of nitrogens with zero attached hydrogens (tertiary/aromatic N) is 6. The molecule has 4 aromatic rings. The van der Waals surface area contributed by atoms with Gasteiger partial charge in [-0.3, -0.25) is 9.89 Å². The monoisotopic (exact) mass is 417 g/mol. The van der Waals surface area contributed by atoms with Gasteiger partial charge in [0.25, 0.3) is 5.91 Å². The first-order valence-corrected chi connectivity index (χ1v) is 10.2. The zero-order valence-electron chi connectivity index (χ0n) is 17.3. The highest BCUT2D eigenvalue weighted by atomic mass is 16.1. The molecule has 4 N–H and O–H groups in total. The van der Waals surface area contributed by atoms with Gasteiger partial charge in [-0.1, -0.05) is 0 Å². The van der Waals surface area contributed by atoms with Gasteiger partial charge in [0.2, 0.25) is 5.95 Å². The number of nitrogens with two attached hydrogens (primary N) is 1. The van der Waals surface area contributed by atoms with Crippen LogP contribution in [0.25, 0.3) is 10.9 Å². The van der Waals surface area contributed by atoms with Crippen molar-refractivity contribution in [3.63, 3.8) is 0 Å². The van der Waals surface area contributed by atoms with Crippen LogP contribution in [0.1, 0.15) is 41.5 Å². The molecule has 158 valence electrons. The molecule has 0 aromatic carbocycles. The fraction of sp³-hybridized carbons (Fsp3) is 0.286. The predicted molar refractivity (Wildman–Crippen MR) is 117 cm³/mol. The van der Waals surface area contributed by atoms with E-state index < -0.39 is 5.91 Å². The third-order valence-electron chi connectivity index (χ3n) is 5.52. The Morgan fingerprint density at radius 3 is 2.94 bits per heavy atom. The van der Waals surface area contributed by atoms with Crippen LogP contribution in [0.3, 0.4) is 0 Å². The van der Waals surface area contributed by atoms with Crippen LogP contribution in [0.4, 0.5) is 17.6 Å². The lowest BCUT2D eigenvalue weighted by molar-refractivity contribution is 0.100. The maximum absolute atomic E-state index is 11.8. The molecule has 1 aliphatic heterocycles.